The number of aryl methyl sites for hydroxylation is 2. The first-order valence-electron chi connectivity index (χ1n) is 8.09. The Morgan fingerprint density at radius 3 is 2.04 bits per heavy atom. The first-order valence-corrected chi connectivity index (χ1v) is 8.09. The van der Waals surface area contributed by atoms with E-state index in [2.05, 4.69) is 81.2 Å². The van der Waals surface area contributed by atoms with Gasteiger partial charge >= 0.3 is 0 Å². The Hall–Kier alpha value is -2.41. The lowest BCUT2D eigenvalue weighted by Gasteiger charge is -2.31. The van der Waals surface area contributed by atoms with E-state index in [0.717, 1.165) is 5.69 Å². The van der Waals surface area contributed by atoms with Crippen molar-refractivity contribution in [3.63, 3.8) is 0 Å². The lowest BCUT2D eigenvalue weighted by molar-refractivity contribution is 0.632. The van der Waals surface area contributed by atoms with Crippen molar-refractivity contribution in [1.29, 1.82) is 0 Å². The zero-order chi connectivity index (χ0) is 16.4. The molecule has 0 amide bonds. The minimum Gasteiger partial charge on any atom is -0.256 e. The summed E-state index contributed by atoms with van der Waals surface area (Å²) in [7, 11) is 0. The van der Waals surface area contributed by atoms with E-state index >= 15 is 0 Å². The van der Waals surface area contributed by atoms with Crippen LogP contribution < -0.4 is 0 Å². The molecule has 0 bridgehead atoms. The van der Waals surface area contributed by atoms with Crippen molar-refractivity contribution in [2.24, 2.45) is 0 Å². The third-order valence-corrected chi connectivity index (χ3v) is 4.65. The summed E-state index contributed by atoms with van der Waals surface area (Å²) < 4.78 is 0. The summed E-state index contributed by atoms with van der Waals surface area (Å²) in [5, 5.41) is 0. The van der Waals surface area contributed by atoms with Crippen molar-refractivity contribution in [1.82, 2.24) is 4.98 Å². The van der Waals surface area contributed by atoms with Crippen molar-refractivity contribution in [2.75, 3.05) is 0 Å². The van der Waals surface area contributed by atoms with Crippen molar-refractivity contribution in [3.8, 4) is 11.3 Å². The Labute approximate surface area is 139 Å². The fourth-order valence-electron chi connectivity index (χ4n) is 3.71. The third kappa shape index (κ3) is 2.79. The van der Waals surface area contributed by atoms with Gasteiger partial charge in [-0.05, 0) is 48.2 Å². The van der Waals surface area contributed by atoms with Crippen LogP contribution >= 0.6 is 0 Å². The van der Waals surface area contributed by atoms with Crippen LogP contribution in [-0.2, 0) is 5.41 Å². The zero-order valence-corrected chi connectivity index (χ0v) is 14.3. The van der Waals surface area contributed by atoms with E-state index in [0.29, 0.717) is 0 Å². The molecule has 1 heterocycles. The van der Waals surface area contributed by atoms with Gasteiger partial charge in [0, 0.05) is 17.2 Å². The minimum atomic E-state index is -0.0798. The highest BCUT2D eigenvalue weighted by Crippen LogP contribution is 2.39. The summed E-state index contributed by atoms with van der Waals surface area (Å²) >= 11 is 0. The van der Waals surface area contributed by atoms with E-state index in [1.807, 2.05) is 18.3 Å². The molecule has 1 heteroatoms. The van der Waals surface area contributed by atoms with Crippen molar-refractivity contribution >= 4 is 0 Å². The van der Waals surface area contributed by atoms with E-state index < -0.39 is 0 Å². The molecule has 0 spiro atoms. The summed E-state index contributed by atoms with van der Waals surface area (Å²) in [4.78, 5) is 4.56. The molecule has 116 valence electrons. The number of pyridine rings is 1. The van der Waals surface area contributed by atoms with Gasteiger partial charge in [0.25, 0.3) is 0 Å². The second-order valence-corrected chi connectivity index (χ2v) is 6.65. The predicted molar refractivity (Wildman–Crippen MR) is 97.7 cm³/mol. The second kappa shape index (κ2) is 6.00. The van der Waals surface area contributed by atoms with E-state index in [1.54, 1.807) is 0 Å². The largest absolute Gasteiger partial charge is 0.256 e. The number of aromatic nitrogens is 1. The van der Waals surface area contributed by atoms with Crippen LogP contribution in [0.15, 0.2) is 66.9 Å². The van der Waals surface area contributed by atoms with E-state index in [-0.39, 0.29) is 5.41 Å². The van der Waals surface area contributed by atoms with Gasteiger partial charge in [0.05, 0.1) is 5.69 Å². The van der Waals surface area contributed by atoms with Crippen LogP contribution in [0.5, 0.6) is 0 Å². The van der Waals surface area contributed by atoms with Gasteiger partial charge in [-0.3, -0.25) is 4.98 Å². The smallest absolute Gasteiger partial charge is 0.0705 e. The number of hydrogen-bond acceptors (Lipinski definition) is 1. The highest BCUT2D eigenvalue weighted by Gasteiger charge is 2.29. The fraction of sp³-hybridized carbons (Fsp3) is 0.227. The lowest BCUT2D eigenvalue weighted by atomic mass is 9.72. The first-order chi connectivity index (χ1) is 11.0. The Balaban J connectivity index is 2.23. The van der Waals surface area contributed by atoms with Crippen molar-refractivity contribution in [2.45, 2.75) is 33.1 Å². The molecule has 0 radical (unpaired) electrons. The summed E-state index contributed by atoms with van der Waals surface area (Å²) in [6.07, 6.45) is 1.86. The van der Waals surface area contributed by atoms with E-state index in [4.69, 9.17) is 0 Å². The fourth-order valence-corrected chi connectivity index (χ4v) is 3.71. The van der Waals surface area contributed by atoms with Crippen LogP contribution in [0, 0.1) is 13.8 Å². The molecule has 3 aromatic rings. The topological polar surface area (TPSA) is 12.9 Å². The number of rotatable bonds is 3. The number of nitrogens with zero attached hydrogens (tertiary/aromatic N) is 1. The van der Waals surface area contributed by atoms with Crippen LogP contribution in [-0.4, -0.2) is 4.98 Å². The van der Waals surface area contributed by atoms with Crippen LogP contribution in [0.4, 0.5) is 0 Å². The maximum Gasteiger partial charge on any atom is 0.0705 e. The molecule has 0 N–H and O–H groups in total. The standard InChI is InChI=1S/C22H23N/c1-16-10-9-11-17(2)21(16)22(3,4)19-13-6-5-12-18(19)20-14-7-8-15-23-20/h5-15H,1-4H3. The van der Waals surface area contributed by atoms with Crippen LogP contribution in [0.3, 0.4) is 0 Å². The monoisotopic (exact) mass is 301 g/mol. The highest BCUT2D eigenvalue weighted by molar-refractivity contribution is 5.67. The van der Waals surface area contributed by atoms with E-state index in [1.165, 1.54) is 27.8 Å². The number of hydrogen-bond donors (Lipinski definition) is 0. The maximum absolute atomic E-state index is 4.56. The maximum atomic E-state index is 4.56. The Morgan fingerprint density at radius 1 is 0.739 bits per heavy atom. The van der Waals surface area contributed by atoms with Crippen molar-refractivity contribution < 1.29 is 0 Å². The predicted octanol–water partition coefficient (Wildman–Crippen LogP) is 5.69. The minimum absolute atomic E-state index is 0.0798. The van der Waals surface area contributed by atoms with Gasteiger partial charge in [0.1, 0.15) is 0 Å². The molecule has 0 aliphatic heterocycles. The molecule has 1 nitrogen and oxygen atoms in total. The second-order valence-electron chi connectivity index (χ2n) is 6.65. The number of benzene rings is 2. The molecule has 3 rings (SSSR count). The van der Waals surface area contributed by atoms with Crippen LogP contribution in [0.25, 0.3) is 11.3 Å². The van der Waals surface area contributed by atoms with Gasteiger partial charge in [0.2, 0.25) is 0 Å². The highest BCUT2D eigenvalue weighted by atomic mass is 14.7. The SMILES string of the molecule is Cc1cccc(C)c1C(C)(C)c1ccccc1-c1ccccn1. The molecular weight excluding hydrogens is 278 g/mol. The molecule has 0 fully saturated rings. The van der Waals surface area contributed by atoms with Gasteiger partial charge in [-0.2, -0.15) is 0 Å². The summed E-state index contributed by atoms with van der Waals surface area (Å²) in [5.74, 6) is 0. The molecule has 1 aromatic heterocycles. The Kier molecular flexibility index (Phi) is 4.04. The van der Waals surface area contributed by atoms with E-state index in [9.17, 15) is 0 Å². The molecular formula is C22H23N. The average molecular weight is 301 g/mol. The molecule has 0 aliphatic carbocycles. The normalized spacial score (nSPS) is 11.5. The molecule has 23 heavy (non-hydrogen) atoms. The van der Waals surface area contributed by atoms with Gasteiger partial charge < -0.3 is 0 Å². The van der Waals surface area contributed by atoms with Crippen molar-refractivity contribution in [3.05, 3.63) is 89.1 Å². The third-order valence-electron chi connectivity index (χ3n) is 4.65. The van der Waals surface area contributed by atoms with Gasteiger partial charge in [-0.25, -0.2) is 0 Å². The summed E-state index contributed by atoms with van der Waals surface area (Å²) in [5.41, 5.74) is 7.56. The Morgan fingerprint density at radius 2 is 1.39 bits per heavy atom. The van der Waals surface area contributed by atoms with Gasteiger partial charge in [-0.1, -0.05) is 62.4 Å². The molecule has 0 aliphatic rings. The Bertz CT molecular complexity index is 796. The van der Waals surface area contributed by atoms with Gasteiger partial charge in [0.15, 0.2) is 0 Å². The summed E-state index contributed by atoms with van der Waals surface area (Å²) in [6, 6.07) is 21.2. The average Bonchev–Trinajstić information content (AvgIpc) is 2.55. The molecule has 0 unspecified atom stereocenters. The molecule has 0 saturated heterocycles. The molecule has 0 atom stereocenters. The lowest BCUT2D eigenvalue weighted by Crippen LogP contribution is -2.22. The van der Waals surface area contributed by atoms with Crippen LogP contribution in [0.1, 0.15) is 36.1 Å². The summed E-state index contributed by atoms with van der Waals surface area (Å²) in [6.45, 7) is 9.02. The zero-order valence-electron chi connectivity index (χ0n) is 14.3. The van der Waals surface area contributed by atoms with Crippen LogP contribution in [0.2, 0.25) is 0 Å². The quantitative estimate of drug-likeness (QED) is 0.605. The molecule has 0 saturated carbocycles. The first kappa shape index (κ1) is 15.5. The molecule has 2 aromatic carbocycles. The van der Waals surface area contributed by atoms with Gasteiger partial charge in [-0.15, -0.1) is 0 Å².